The summed E-state index contributed by atoms with van der Waals surface area (Å²) in [5, 5.41) is 11.0. The molecular weight excluding hydrogens is 347 g/mol. The van der Waals surface area contributed by atoms with E-state index >= 15 is 0 Å². The Kier molecular flexibility index (Phi) is 4.65. The fourth-order valence-electron chi connectivity index (χ4n) is 2.86. The predicted molar refractivity (Wildman–Crippen MR) is 98.8 cm³/mol. The highest BCUT2D eigenvalue weighted by atomic mass is 19.1. The zero-order valence-corrected chi connectivity index (χ0v) is 14.4. The van der Waals surface area contributed by atoms with E-state index in [1.54, 1.807) is 29.2 Å². The molecule has 0 radical (unpaired) electrons. The Balaban J connectivity index is 1.35. The van der Waals surface area contributed by atoms with Gasteiger partial charge in [-0.15, -0.1) is 0 Å². The van der Waals surface area contributed by atoms with Crippen molar-refractivity contribution in [3.63, 3.8) is 0 Å². The minimum absolute atomic E-state index is 0.285. The molecular formula is C20H17FN4O2. The summed E-state index contributed by atoms with van der Waals surface area (Å²) in [5.74, 6) is -0.668. The molecule has 2 aromatic carbocycles. The standard InChI is InChI=1S/C20H17FN4O2/c21-16-8-4-7-15(9-16)18-10-19(27-24-18)20(26)23-17-11-22-25(13-17)12-14-5-2-1-3-6-14/h1-9,11,13,19H,10,12H2,(H,23,26)/t19-/m0/s1. The highest BCUT2D eigenvalue weighted by molar-refractivity contribution is 6.06. The van der Waals surface area contributed by atoms with E-state index in [0.29, 0.717) is 23.5 Å². The van der Waals surface area contributed by atoms with Crippen molar-refractivity contribution in [2.45, 2.75) is 19.1 Å². The number of carbonyl (C=O) groups excluding carboxylic acids is 1. The summed E-state index contributed by atoms with van der Waals surface area (Å²) >= 11 is 0. The zero-order valence-electron chi connectivity index (χ0n) is 14.4. The second kappa shape index (κ2) is 7.41. The number of aromatic nitrogens is 2. The number of halogens is 1. The van der Waals surface area contributed by atoms with Crippen molar-refractivity contribution in [3.05, 3.63) is 83.9 Å². The smallest absolute Gasteiger partial charge is 0.268 e. The van der Waals surface area contributed by atoms with Crippen molar-refractivity contribution >= 4 is 17.3 Å². The molecule has 7 heteroatoms. The lowest BCUT2D eigenvalue weighted by atomic mass is 10.0. The molecule has 4 rings (SSSR count). The Morgan fingerprint density at radius 2 is 2.07 bits per heavy atom. The molecule has 0 unspecified atom stereocenters. The van der Waals surface area contributed by atoms with Crippen molar-refractivity contribution in [1.82, 2.24) is 9.78 Å². The highest BCUT2D eigenvalue weighted by Gasteiger charge is 2.29. The highest BCUT2D eigenvalue weighted by Crippen LogP contribution is 2.19. The molecule has 6 nitrogen and oxygen atoms in total. The second-order valence-electron chi connectivity index (χ2n) is 6.25. The minimum Gasteiger partial charge on any atom is -0.382 e. The first kappa shape index (κ1) is 17.0. The van der Waals surface area contributed by atoms with Crippen LogP contribution < -0.4 is 5.32 Å². The maximum atomic E-state index is 13.3. The molecule has 0 spiro atoms. The molecule has 3 aromatic rings. The summed E-state index contributed by atoms with van der Waals surface area (Å²) in [6.07, 6.45) is 2.88. The molecule has 0 bridgehead atoms. The van der Waals surface area contributed by atoms with Gasteiger partial charge in [0.2, 0.25) is 6.10 Å². The van der Waals surface area contributed by atoms with E-state index in [-0.39, 0.29) is 18.1 Å². The zero-order chi connectivity index (χ0) is 18.6. The van der Waals surface area contributed by atoms with Gasteiger partial charge in [0.1, 0.15) is 5.82 Å². The van der Waals surface area contributed by atoms with E-state index in [9.17, 15) is 9.18 Å². The van der Waals surface area contributed by atoms with Gasteiger partial charge in [-0.2, -0.15) is 5.10 Å². The van der Waals surface area contributed by atoms with Crippen LogP contribution in [0.5, 0.6) is 0 Å². The van der Waals surface area contributed by atoms with Gasteiger partial charge in [-0.1, -0.05) is 47.6 Å². The van der Waals surface area contributed by atoms with Crippen LogP contribution in [0.3, 0.4) is 0 Å². The van der Waals surface area contributed by atoms with Crippen molar-refractivity contribution in [2.75, 3.05) is 5.32 Å². The number of anilines is 1. The third kappa shape index (κ3) is 4.03. The van der Waals surface area contributed by atoms with Crippen LogP contribution in [0.1, 0.15) is 17.5 Å². The number of rotatable bonds is 5. The molecule has 1 atom stereocenters. The summed E-state index contributed by atoms with van der Waals surface area (Å²) in [6.45, 7) is 0.615. The first-order chi connectivity index (χ1) is 13.2. The third-order valence-electron chi connectivity index (χ3n) is 4.21. The van der Waals surface area contributed by atoms with Crippen LogP contribution in [0.4, 0.5) is 10.1 Å². The Hall–Kier alpha value is -3.48. The van der Waals surface area contributed by atoms with Crippen LogP contribution in [0.2, 0.25) is 0 Å². The maximum Gasteiger partial charge on any atom is 0.268 e. The number of amides is 1. The quantitative estimate of drug-likeness (QED) is 0.756. The first-order valence-corrected chi connectivity index (χ1v) is 8.53. The van der Waals surface area contributed by atoms with Crippen molar-refractivity contribution in [1.29, 1.82) is 0 Å². The molecule has 0 aliphatic carbocycles. The predicted octanol–water partition coefficient (Wildman–Crippen LogP) is 3.20. The number of benzene rings is 2. The fraction of sp³-hybridized carbons (Fsp3) is 0.150. The van der Waals surface area contributed by atoms with Gasteiger partial charge in [0.25, 0.3) is 5.91 Å². The van der Waals surface area contributed by atoms with E-state index in [1.807, 2.05) is 30.3 Å². The second-order valence-corrected chi connectivity index (χ2v) is 6.25. The molecule has 0 fully saturated rings. The average Bonchev–Trinajstić information content (AvgIpc) is 3.32. The molecule has 136 valence electrons. The molecule has 0 saturated heterocycles. The summed E-state index contributed by atoms with van der Waals surface area (Å²) in [5.41, 5.74) is 2.86. The third-order valence-corrected chi connectivity index (χ3v) is 4.21. The monoisotopic (exact) mass is 364 g/mol. The van der Waals surface area contributed by atoms with Gasteiger partial charge < -0.3 is 10.2 Å². The Morgan fingerprint density at radius 3 is 2.89 bits per heavy atom. The van der Waals surface area contributed by atoms with Gasteiger partial charge in [-0.3, -0.25) is 9.48 Å². The van der Waals surface area contributed by atoms with Gasteiger partial charge in [-0.05, 0) is 17.7 Å². The van der Waals surface area contributed by atoms with Crippen molar-refractivity contribution < 1.29 is 14.0 Å². The summed E-state index contributed by atoms with van der Waals surface area (Å²) in [7, 11) is 0. The van der Waals surface area contributed by atoms with E-state index in [1.165, 1.54) is 12.1 Å². The summed E-state index contributed by atoms with van der Waals surface area (Å²) < 4.78 is 15.1. The van der Waals surface area contributed by atoms with Crippen LogP contribution in [-0.4, -0.2) is 27.5 Å². The number of hydrogen-bond acceptors (Lipinski definition) is 4. The first-order valence-electron chi connectivity index (χ1n) is 8.53. The Morgan fingerprint density at radius 1 is 1.22 bits per heavy atom. The normalized spacial score (nSPS) is 15.9. The molecule has 1 aromatic heterocycles. The van der Waals surface area contributed by atoms with Gasteiger partial charge in [0.05, 0.1) is 24.1 Å². The van der Waals surface area contributed by atoms with Gasteiger partial charge in [0.15, 0.2) is 0 Å². The van der Waals surface area contributed by atoms with Crippen LogP contribution in [0.15, 0.2) is 72.1 Å². The lowest BCUT2D eigenvalue weighted by molar-refractivity contribution is -0.125. The number of nitrogens with zero attached hydrogens (tertiary/aromatic N) is 3. The van der Waals surface area contributed by atoms with E-state index in [0.717, 1.165) is 5.56 Å². The van der Waals surface area contributed by atoms with Crippen molar-refractivity contribution in [3.8, 4) is 0 Å². The summed E-state index contributed by atoms with van der Waals surface area (Å²) in [4.78, 5) is 17.6. The number of nitrogens with one attached hydrogen (secondary N) is 1. The van der Waals surface area contributed by atoms with E-state index in [4.69, 9.17) is 4.84 Å². The average molecular weight is 364 g/mol. The minimum atomic E-state index is -0.749. The SMILES string of the molecule is O=C(Nc1cnn(Cc2ccccc2)c1)[C@@H]1CC(c2cccc(F)c2)=NO1. The Bertz CT molecular complexity index is 984. The van der Waals surface area contributed by atoms with Gasteiger partial charge >= 0.3 is 0 Å². The van der Waals surface area contributed by atoms with E-state index < -0.39 is 6.10 Å². The molecule has 2 heterocycles. The number of hydrogen-bond donors (Lipinski definition) is 1. The van der Waals surface area contributed by atoms with Crippen LogP contribution in [-0.2, 0) is 16.2 Å². The van der Waals surface area contributed by atoms with Crippen LogP contribution >= 0.6 is 0 Å². The molecule has 0 saturated carbocycles. The fourth-order valence-corrected chi connectivity index (χ4v) is 2.86. The summed E-state index contributed by atoms with van der Waals surface area (Å²) in [6, 6.07) is 16.0. The van der Waals surface area contributed by atoms with Crippen molar-refractivity contribution in [2.24, 2.45) is 5.16 Å². The van der Waals surface area contributed by atoms with Gasteiger partial charge in [-0.25, -0.2) is 4.39 Å². The number of oxime groups is 1. The largest absolute Gasteiger partial charge is 0.382 e. The Labute approximate surface area is 155 Å². The lowest BCUT2D eigenvalue weighted by Crippen LogP contribution is -2.27. The molecule has 1 N–H and O–H groups in total. The van der Waals surface area contributed by atoms with Gasteiger partial charge in [0, 0.05) is 18.2 Å². The van der Waals surface area contributed by atoms with E-state index in [2.05, 4.69) is 15.6 Å². The maximum absolute atomic E-state index is 13.3. The molecule has 1 aliphatic heterocycles. The molecule has 1 aliphatic rings. The van der Waals surface area contributed by atoms with Crippen LogP contribution in [0, 0.1) is 5.82 Å². The van der Waals surface area contributed by atoms with Crippen LogP contribution in [0.25, 0.3) is 0 Å². The molecule has 27 heavy (non-hydrogen) atoms. The topological polar surface area (TPSA) is 68.5 Å². The lowest BCUT2D eigenvalue weighted by Gasteiger charge is -2.07. The number of carbonyl (C=O) groups is 1. The molecule has 1 amide bonds.